The summed E-state index contributed by atoms with van der Waals surface area (Å²) in [5, 5.41) is 4.45. The number of ether oxygens (including phenoxy) is 3. The summed E-state index contributed by atoms with van der Waals surface area (Å²) in [4.78, 5) is 14.2. The van der Waals surface area contributed by atoms with Crippen LogP contribution in [-0.4, -0.2) is 62.7 Å². The number of hydrazone groups is 1. The minimum Gasteiger partial charge on any atom is -0.493 e. The van der Waals surface area contributed by atoms with Crippen LogP contribution in [0.4, 0.5) is 17.6 Å². The molecule has 0 aliphatic carbocycles. The summed E-state index contributed by atoms with van der Waals surface area (Å²) >= 11 is 0. The van der Waals surface area contributed by atoms with Crippen LogP contribution in [0.2, 0.25) is 0 Å². The van der Waals surface area contributed by atoms with Crippen molar-refractivity contribution in [3.63, 3.8) is 0 Å². The second-order valence-electron chi connectivity index (χ2n) is 9.59. The summed E-state index contributed by atoms with van der Waals surface area (Å²) in [5.74, 6) is 4.57. The highest BCUT2D eigenvalue weighted by Crippen LogP contribution is 2.28. The van der Waals surface area contributed by atoms with Gasteiger partial charge in [0.1, 0.15) is 24.8 Å². The summed E-state index contributed by atoms with van der Waals surface area (Å²) in [7, 11) is 1.63. The standard InChI is InChI=1S/C29H36N6O3/c1-22-8-7-9-24(18-22)37-16-17-38-25-11-10-23(19-26(25)36-2)21-30-33-27-20-28(34-12-3-4-13-34)32-29(31-27)35-14-5-6-15-35/h7-11,18-21H,3-6,12-17H2,1-2H3,(H,31,32,33)/b30-21+. The van der Waals surface area contributed by atoms with Crippen LogP contribution in [0.25, 0.3) is 0 Å². The maximum atomic E-state index is 5.90. The third-order valence-electron chi connectivity index (χ3n) is 6.70. The third kappa shape index (κ3) is 6.65. The maximum Gasteiger partial charge on any atom is 0.229 e. The molecule has 0 bridgehead atoms. The van der Waals surface area contributed by atoms with Crippen molar-refractivity contribution in [2.24, 2.45) is 5.10 Å². The predicted octanol–water partition coefficient (Wildman–Crippen LogP) is 4.90. The summed E-state index contributed by atoms with van der Waals surface area (Å²) in [5.41, 5.74) is 5.15. The Bertz CT molecular complexity index is 1200. The van der Waals surface area contributed by atoms with E-state index in [1.165, 1.54) is 25.7 Å². The molecule has 3 heterocycles. The lowest BCUT2D eigenvalue weighted by atomic mass is 10.2. The van der Waals surface area contributed by atoms with E-state index in [0.29, 0.717) is 30.5 Å². The van der Waals surface area contributed by atoms with E-state index in [1.54, 1.807) is 13.3 Å². The molecule has 200 valence electrons. The Balaban J connectivity index is 1.20. The van der Waals surface area contributed by atoms with Crippen molar-refractivity contribution >= 4 is 23.8 Å². The van der Waals surface area contributed by atoms with Gasteiger partial charge in [0, 0.05) is 32.2 Å². The highest BCUT2D eigenvalue weighted by Gasteiger charge is 2.20. The van der Waals surface area contributed by atoms with Gasteiger partial charge in [0.2, 0.25) is 5.95 Å². The van der Waals surface area contributed by atoms with Crippen molar-refractivity contribution in [2.45, 2.75) is 32.6 Å². The molecule has 2 fully saturated rings. The molecule has 0 atom stereocenters. The second-order valence-corrected chi connectivity index (χ2v) is 9.59. The van der Waals surface area contributed by atoms with Gasteiger partial charge in [-0.2, -0.15) is 15.1 Å². The maximum absolute atomic E-state index is 5.90. The highest BCUT2D eigenvalue weighted by molar-refractivity contribution is 5.81. The Kier molecular flexibility index (Phi) is 8.42. The minimum atomic E-state index is 0.408. The Morgan fingerprint density at radius 1 is 0.868 bits per heavy atom. The average Bonchev–Trinajstić information content (AvgIpc) is 3.67. The number of benzene rings is 2. The van der Waals surface area contributed by atoms with Gasteiger partial charge in [-0.05, 0) is 74.1 Å². The van der Waals surface area contributed by atoms with Gasteiger partial charge in [-0.25, -0.2) is 0 Å². The molecule has 2 aromatic carbocycles. The van der Waals surface area contributed by atoms with Crippen molar-refractivity contribution < 1.29 is 14.2 Å². The Labute approximate surface area is 224 Å². The van der Waals surface area contributed by atoms with Gasteiger partial charge in [-0.3, -0.25) is 5.43 Å². The van der Waals surface area contributed by atoms with Crippen molar-refractivity contribution in [2.75, 3.05) is 61.7 Å². The fourth-order valence-corrected chi connectivity index (χ4v) is 4.72. The Morgan fingerprint density at radius 3 is 2.39 bits per heavy atom. The van der Waals surface area contributed by atoms with E-state index in [1.807, 2.05) is 55.5 Å². The van der Waals surface area contributed by atoms with E-state index in [-0.39, 0.29) is 0 Å². The molecule has 0 saturated carbocycles. The quantitative estimate of drug-likeness (QED) is 0.219. The molecule has 9 nitrogen and oxygen atoms in total. The monoisotopic (exact) mass is 516 g/mol. The van der Waals surface area contributed by atoms with Crippen LogP contribution in [0, 0.1) is 6.92 Å². The molecule has 2 saturated heterocycles. The molecule has 1 N–H and O–H groups in total. The van der Waals surface area contributed by atoms with Gasteiger partial charge in [0.25, 0.3) is 0 Å². The van der Waals surface area contributed by atoms with Crippen LogP contribution in [0.1, 0.15) is 36.8 Å². The summed E-state index contributed by atoms with van der Waals surface area (Å²) in [6.07, 6.45) is 6.51. The Morgan fingerprint density at radius 2 is 1.63 bits per heavy atom. The fourth-order valence-electron chi connectivity index (χ4n) is 4.72. The van der Waals surface area contributed by atoms with E-state index >= 15 is 0 Å². The summed E-state index contributed by atoms with van der Waals surface area (Å²) in [6, 6.07) is 15.7. The van der Waals surface area contributed by atoms with Crippen LogP contribution in [0.3, 0.4) is 0 Å². The number of hydrogen-bond donors (Lipinski definition) is 1. The molecule has 9 heteroatoms. The van der Waals surface area contributed by atoms with E-state index in [0.717, 1.165) is 54.8 Å². The van der Waals surface area contributed by atoms with Gasteiger partial charge in [-0.15, -0.1) is 0 Å². The van der Waals surface area contributed by atoms with E-state index < -0.39 is 0 Å². The average molecular weight is 517 g/mol. The van der Waals surface area contributed by atoms with Crippen LogP contribution >= 0.6 is 0 Å². The number of methoxy groups -OCH3 is 1. The van der Waals surface area contributed by atoms with E-state index in [4.69, 9.17) is 24.2 Å². The fraction of sp³-hybridized carbons (Fsp3) is 0.414. The van der Waals surface area contributed by atoms with Crippen molar-refractivity contribution in [3.05, 3.63) is 59.7 Å². The first-order valence-corrected chi connectivity index (χ1v) is 13.4. The number of aromatic nitrogens is 2. The van der Waals surface area contributed by atoms with Crippen LogP contribution < -0.4 is 29.4 Å². The number of hydrogen-bond acceptors (Lipinski definition) is 9. The summed E-state index contributed by atoms with van der Waals surface area (Å²) in [6.45, 7) is 6.96. The summed E-state index contributed by atoms with van der Waals surface area (Å²) < 4.78 is 17.2. The normalized spacial score (nSPS) is 15.3. The first-order valence-electron chi connectivity index (χ1n) is 13.4. The van der Waals surface area contributed by atoms with Crippen LogP contribution in [0.5, 0.6) is 17.2 Å². The molecule has 0 spiro atoms. The van der Waals surface area contributed by atoms with Gasteiger partial charge in [0.05, 0.1) is 13.3 Å². The van der Waals surface area contributed by atoms with E-state index in [9.17, 15) is 0 Å². The van der Waals surface area contributed by atoms with Crippen molar-refractivity contribution in [1.82, 2.24) is 9.97 Å². The molecule has 0 radical (unpaired) electrons. The predicted molar refractivity (Wildman–Crippen MR) is 151 cm³/mol. The highest BCUT2D eigenvalue weighted by atomic mass is 16.5. The lowest BCUT2D eigenvalue weighted by molar-refractivity contribution is 0.211. The zero-order chi connectivity index (χ0) is 26.2. The first kappa shape index (κ1) is 25.6. The van der Waals surface area contributed by atoms with Gasteiger partial charge < -0.3 is 24.0 Å². The molecule has 2 aliphatic rings. The molecular formula is C29H36N6O3. The Hall–Kier alpha value is -4.01. The number of nitrogens with one attached hydrogen (secondary N) is 1. The number of nitrogens with zero attached hydrogens (tertiary/aromatic N) is 5. The molecule has 38 heavy (non-hydrogen) atoms. The van der Waals surface area contributed by atoms with E-state index in [2.05, 4.69) is 20.3 Å². The zero-order valence-electron chi connectivity index (χ0n) is 22.2. The molecule has 3 aromatic rings. The molecule has 5 rings (SSSR count). The third-order valence-corrected chi connectivity index (χ3v) is 6.70. The molecule has 0 unspecified atom stereocenters. The number of anilines is 3. The second kappa shape index (κ2) is 12.5. The zero-order valence-corrected chi connectivity index (χ0v) is 22.2. The first-order chi connectivity index (χ1) is 18.7. The van der Waals surface area contributed by atoms with Gasteiger partial charge >= 0.3 is 0 Å². The lowest BCUT2D eigenvalue weighted by Crippen LogP contribution is -2.24. The number of rotatable bonds is 11. The molecule has 1 aromatic heterocycles. The van der Waals surface area contributed by atoms with Crippen molar-refractivity contribution in [1.29, 1.82) is 0 Å². The molecule has 0 amide bonds. The van der Waals surface area contributed by atoms with Gasteiger partial charge in [0.15, 0.2) is 17.3 Å². The lowest BCUT2D eigenvalue weighted by Gasteiger charge is -2.21. The smallest absolute Gasteiger partial charge is 0.229 e. The minimum absolute atomic E-state index is 0.408. The molecule has 2 aliphatic heterocycles. The SMILES string of the molecule is COc1cc(/C=N/Nc2cc(N3CCCC3)nc(N3CCCC3)n2)ccc1OCCOc1cccc(C)c1. The van der Waals surface area contributed by atoms with Gasteiger partial charge in [-0.1, -0.05) is 12.1 Å². The van der Waals surface area contributed by atoms with Crippen LogP contribution in [0.15, 0.2) is 53.6 Å². The van der Waals surface area contributed by atoms with Crippen molar-refractivity contribution in [3.8, 4) is 17.2 Å². The largest absolute Gasteiger partial charge is 0.493 e. The number of aryl methyl sites for hydroxylation is 1. The topological polar surface area (TPSA) is 84.3 Å². The van der Waals surface area contributed by atoms with Crippen LogP contribution in [-0.2, 0) is 0 Å². The molecular weight excluding hydrogens is 480 g/mol.